The molecule has 1 saturated heterocycles. The Labute approximate surface area is 156 Å². The Balaban J connectivity index is 0.00000312. The molecule has 142 valence electrons. The van der Waals surface area contributed by atoms with Crippen LogP contribution >= 0.6 is 12.4 Å². The van der Waals surface area contributed by atoms with Gasteiger partial charge in [-0.1, -0.05) is 37.3 Å². The van der Waals surface area contributed by atoms with Gasteiger partial charge in [-0.2, -0.15) is 0 Å². The van der Waals surface area contributed by atoms with Crippen LogP contribution in [-0.2, 0) is 14.8 Å². The summed E-state index contributed by atoms with van der Waals surface area (Å²) in [6, 6.07) is 9.31. The van der Waals surface area contributed by atoms with E-state index in [1.807, 2.05) is 37.3 Å². The summed E-state index contributed by atoms with van der Waals surface area (Å²) in [5.41, 5.74) is 7.19. The summed E-state index contributed by atoms with van der Waals surface area (Å²) in [7, 11) is -1.36. The lowest BCUT2D eigenvalue weighted by atomic mass is 9.93. The molecule has 1 aromatic carbocycles. The van der Waals surface area contributed by atoms with Crippen LogP contribution in [0.3, 0.4) is 0 Å². The highest BCUT2D eigenvalue weighted by Gasteiger charge is 2.32. The molecule has 1 heterocycles. The average Bonchev–Trinajstić information content (AvgIpc) is 2.59. The predicted octanol–water partition coefficient (Wildman–Crippen LogP) is 1.63. The van der Waals surface area contributed by atoms with Gasteiger partial charge < -0.3 is 10.6 Å². The molecule has 0 saturated carbocycles. The molecule has 2 unspecified atom stereocenters. The second kappa shape index (κ2) is 8.98. The number of piperidine rings is 1. The summed E-state index contributed by atoms with van der Waals surface area (Å²) in [5.74, 6) is -0.325. The SMILES string of the molecule is CC(C(=O)N(C)C1CCN(S(C)(=O)=O)CC1)C(N)c1ccccc1.Cl. The molecule has 8 heteroatoms. The highest BCUT2D eigenvalue weighted by Crippen LogP contribution is 2.24. The lowest BCUT2D eigenvalue weighted by molar-refractivity contribution is -0.137. The average molecular weight is 390 g/mol. The summed E-state index contributed by atoms with van der Waals surface area (Å²) in [5, 5.41) is 0. The maximum absolute atomic E-state index is 12.7. The van der Waals surface area contributed by atoms with E-state index in [1.54, 1.807) is 11.9 Å². The summed E-state index contributed by atoms with van der Waals surface area (Å²) in [4.78, 5) is 14.5. The van der Waals surface area contributed by atoms with Crippen LogP contribution in [0.1, 0.15) is 31.4 Å². The Hall–Kier alpha value is -1.15. The third-order valence-corrected chi connectivity index (χ3v) is 6.20. The van der Waals surface area contributed by atoms with Crippen molar-refractivity contribution in [3.63, 3.8) is 0 Å². The normalized spacial score (nSPS) is 18.9. The number of carbonyl (C=O) groups excluding carboxylic acids is 1. The number of nitrogens with zero attached hydrogens (tertiary/aromatic N) is 2. The van der Waals surface area contributed by atoms with Crippen LogP contribution in [0.5, 0.6) is 0 Å². The first-order valence-corrected chi connectivity index (χ1v) is 10.1. The summed E-state index contributed by atoms with van der Waals surface area (Å²) in [6.07, 6.45) is 2.54. The Morgan fingerprint density at radius 1 is 1.24 bits per heavy atom. The first-order valence-electron chi connectivity index (χ1n) is 8.24. The van der Waals surface area contributed by atoms with E-state index in [0.717, 1.165) is 5.56 Å². The number of carbonyl (C=O) groups is 1. The van der Waals surface area contributed by atoms with Crippen LogP contribution in [0.15, 0.2) is 30.3 Å². The Morgan fingerprint density at radius 3 is 2.24 bits per heavy atom. The molecule has 0 aliphatic carbocycles. The fourth-order valence-corrected chi connectivity index (χ4v) is 4.05. The van der Waals surface area contributed by atoms with Crippen LogP contribution in [0, 0.1) is 5.92 Å². The fourth-order valence-electron chi connectivity index (χ4n) is 3.18. The third-order valence-electron chi connectivity index (χ3n) is 4.90. The standard InChI is InChI=1S/C17H27N3O3S.ClH/c1-13(16(18)14-7-5-4-6-8-14)17(21)19(2)15-9-11-20(12-10-15)24(3,22)23;/h4-8,13,15-16H,9-12,18H2,1-3H3;1H. The van der Waals surface area contributed by atoms with Gasteiger partial charge in [-0.15, -0.1) is 12.4 Å². The fraction of sp³-hybridized carbons (Fsp3) is 0.588. The zero-order valence-electron chi connectivity index (χ0n) is 15.0. The van der Waals surface area contributed by atoms with E-state index >= 15 is 0 Å². The van der Waals surface area contributed by atoms with Crippen molar-refractivity contribution in [2.45, 2.75) is 31.8 Å². The van der Waals surface area contributed by atoms with Gasteiger partial charge in [0.15, 0.2) is 0 Å². The molecule has 1 fully saturated rings. The van der Waals surface area contributed by atoms with Crippen LogP contribution in [0.25, 0.3) is 0 Å². The van der Waals surface area contributed by atoms with E-state index in [2.05, 4.69) is 0 Å². The molecule has 0 aromatic heterocycles. The highest BCUT2D eigenvalue weighted by molar-refractivity contribution is 7.88. The molecule has 1 aliphatic heterocycles. The number of benzene rings is 1. The number of hydrogen-bond donors (Lipinski definition) is 1. The van der Waals surface area contributed by atoms with Gasteiger partial charge in [0.1, 0.15) is 0 Å². The van der Waals surface area contributed by atoms with E-state index in [0.29, 0.717) is 25.9 Å². The van der Waals surface area contributed by atoms with Crippen molar-refractivity contribution >= 4 is 28.3 Å². The minimum atomic E-state index is -3.15. The smallest absolute Gasteiger partial charge is 0.227 e. The Morgan fingerprint density at radius 2 is 1.76 bits per heavy atom. The predicted molar refractivity (Wildman–Crippen MR) is 102 cm³/mol. The van der Waals surface area contributed by atoms with Crippen molar-refractivity contribution in [3.8, 4) is 0 Å². The zero-order chi connectivity index (χ0) is 17.9. The zero-order valence-corrected chi connectivity index (χ0v) is 16.6. The lowest BCUT2D eigenvalue weighted by Gasteiger charge is -2.37. The van der Waals surface area contributed by atoms with Gasteiger partial charge in [-0.05, 0) is 18.4 Å². The molecule has 2 N–H and O–H groups in total. The summed E-state index contributed by atoms with van der Waals surface area (Å²) in [6.45, 7) is 2.77. The molecular formula is C17H28ClN3O3S. The van der Waals surface area contributed by atoms with Crippen molar-refractivity contribution in [2.75, 3.05) is 26.4 Å². The van der Waals surface area contributed by atoms with Crippen molar-refractivity contribution in [1.82, 2.24) is 9.21 Å². The van der Waals surface area contributed by atoms with E-state index in [1.165, 1.54) is 10.6 Å². The topological polar surface area (TPSA) is 83.7 Å². The van der Waals surface area contributed by atoms with Crippen molar-refractivity contribution in [3.05, 3.63) is 35.9 Å². The molecule has 0 radical (unpaired) electrons. The Kier molecular flexibility index (Phi) is 7.87. The van der Waals surface area contributed by atoms with E-state index in [-0.39, 0.29) is 36.3 Å². The van der Waals surface area contributed by atoms with Gasteiger partial charge in [0.05, 0.1) is 12.2 Å². The first kappa shape index (κ1) is 21.9. The van der Waals surface area contributed by atoms with Gasteiger partial charge in [-0.3, -0.25) is 4.79 Å². The van der Waals surface area contributed by atoms with Crippen LogP contribution in [0.4, 0.5) is 0 Å². The number of rotatable bonds is 5. The van der Waals surface area contributed by atoms with E-state index < -0.39 is 10.0 Å². The molecule has 2 atom stereocenters. The molecule has 1 amide bonds. The van der Waals surface area contributed by atoms with Gasteiger partial charge in [0.25, 0.3) is 0 Å². The first-order chi connectivity index (χ1) is 11.2. The van der Waals surface area contributed by atoms with Gasteiger partial charge in [0.2, 0.25) is 15.9 Å². The molecule has 6 nitrogen and oxygen atoms in total. The molecule has 1 aromatic rings. The maximum Gasteiger partial charge on any atom is 0.227 e. The summed E-state index contributed by atoms with van der Waals surface area (Å²) >= 11 is 0. The molecule has 25 heavy (non-hydrogen) atoms. The maximum atomic E-state index is 12.7. The minimum Gasteiger partial charge on any atom is -0.342 e. The van der Waals surface area contributed by atoms with Crippen molar-refractivity contribution < 1.29 is 13.2 Å². The number of nitrogens with two attached hydrogens (primary N) is 1. The van der Waals surface area contributed by atoms with Gasteiger partial charge in [-0.25, -0.2) is 12.7 Å². The van der Waals surface area contributed by atoms with Crippen LogP contribution < -0.4 is 5.73 Å². The third kappa shape index (κ3) is 5.41. The quantitative estimate of drug-likeness (QED) is 0.829. The summed E-state index contributed by atoms with van der Waals surface area (Å²) < 4.78 is 24.6. The van der Waals surface area contributed by atoms with E-state index in [4.69, 9.17) is 5.73 Å². The highest BCUT2D eigenvalue weighted by atomic mass is 35.5. The monoisotopic (exact) mass is 389 g/mol. The lowest BCUT2D eigenvalue weighted by Crippen LogP contribution is -2.49. The molecule has 0 bridgehead atoms. The molecule has 0 spiro atoms. The van der Waals surface area contributed by atoms with Gasteiger partial charge in [0, 0.05) is 32.2 Å². The molecular weight excluding hydrogens is 362 g/mol. The number of amides is 1. The largest absolute Gasteiger partial charge is 0.342 e. The van der Waals surface area contributed by atoms with Crippen molar-refractivity contribution in [1.29, 1.82) is 0 Å². The van der Waals surface area contributed by atoms with Gasteiger partial charge >= 0.3 is 0 Å². The van der Waals surface area contributed by atoms with E-state index in [9.17, 15) is 13.2 Å². The minimum absolute atomic E-state index is 0. The molecule has 1 aliphatic rings. The number of hydrogen-bond acceptors (Lipinski definition) is 4. The van der Waals surface area contributed by atoms with Crippen LogP contribution in [-0.4, -0.2) is 56.0 Å². The Bertz CT molecular complexity index is 661. The second-order valence-corrected chi connectivity index (χ2v) is 8.55. The second-order valence-electron chi connectivity index (χ2n) is 6.57. The van der Waals surface area contributed by atoms with Crippen molar-refractivity contribution in [2.24, 2.45) is 11.7 Å². The van der Waals surface area contributed by atoms with Crippen LogP contribution in [0.2, 0.25) is 0 Å². The number of halogens is 1. The number of sulfonamides is 1. The molecule has 2 rings (SSSR count).